The number of hydrogen-bond donors (Lipinski definition) is 2. The maximum absolute atomic E-state index is 12.1. The molecule has 1 aromatic heterocycles. The minimum absolute atomic E-state index is 0.0394. The number of anilines is 1. The summed E-state index contributed by atoms with van der Waals surface area (Å²) in [5, 5.41) is 5.86. The van der Waals surface area contributed by atoms with Gasteiger partial charge in [0.15, 0.2) is 0 Å². The first-order chi connectivity index (χ1) is 8.61. The summed E-state index contributed by atoms with van der Waals surface area (Å²) in [5.41, 5.74) is 0.508. The Morgan fingerprint density at radius 2 is 2.22 bits per heavy atom. The molecule has 0 saturated carbocycles. The van der Waals surface area contributed by atoms with E-state index in [1.54, 1.807) is 19.3 Å². The molecule has 1 saturated heterocycles. The Balaban J connectivity index is 2.06. The van der Waals surface area contributed by atoms with Gasteiger partial charge in [0.2, 0.25) is 11.5 Å². The van der Waals surface area contributed by atoms with Crippen molar-refractivity contribution >= 4 is 11.6 Å². The van der Waals surface area contributed by atoms with Crippen molar-refractivity contribution in [2.45, 2.75) is 6.04 Å². The fourth-order valence-corrected chi connectivity index (χ4v) is 2.00. The smallest absolute Gasteiger partial charge is 0.250 e. The van der Waals surface area contributed by atoms with E-state index in [4.69, 9.17) is 4.74 Å². The van der Waals surface area contributed by atoms with Crippen LogP contribution in [0.1, 0.15) is 0 Å². The van der Waals surface area contributed by atoms with Gasteiger partial charge in [0, 0.05) is 25.4 Å². The SMILES string of the molecule is CNC1COCC1C(=O)Nc1ccc(=O)n(C)c1. The van der Waals surface area contributed by atoms with Crippen molar-refractivity contribution in [3.63, 3.8) is 0 Å². The van der Waals surface area contributed by atoms with Gasteiger partial charge in [-0.3, -0.25) is 9.59 Å². The first-order valence-electron chi connectivity index (χ1n) is 5.84. The lowest BCUT2D eigenvalue weighted by Gasteiger charge is -2.16. The summed E-state index contributed by atoms with van der Waals surface area (Å²) in [4.78, 5) is 23.3. The summed E-state index contributed by atoms with van der Waals surface area (Å²) < 4.78 is 6.71. The van der Waals surface area contributed by atoms with Crippen LogP contribution >= 0.6 is 0 Å². The van der Waals surface area contributed by atoms with Gasteiger partial charge in [-0.15, -0.1) is 0 Å². The van der Waals surface area contributed by atoms with Crippen molar-refractivity contribution in [2.24, 2.45) is 13.0 Å². The van der Waals surface area contributed by atoms with Crippen molar-refractivity contribution in [3.8, 4) is 0 Å². The largest absolute Gasteiger partial charge is 0.379 e. The normalized spacial score (nSPS) is 23.0. The van der Waals surface area contributed by atoms with Gasteiger partial charge in [-0.25, -0.2) is 0 Å². The van der Waals surface area contributed by atoms with E-state index in [1.807, 2.05) is 7.05 Å². The third kappa shape index (κ3) is 2.60. The lowest BCUT2D eigenvalue weighted by Crippen LogP contribution is -2.39. The number of ether oxygens (including phenoxy) is 1. The highest BCUT2D eigenvalue weighted by molar-refractivity contribution is 5.93. The summed E-state index contributed by atoms with van der Waals surface area (Å²) >= 11 is 0. The molecule has 0 bridgehead atoms. The van der Waals surface area contributed by atoms with Gasteiger partial charge >= 0.3 is 0 Å². The molecule has 1 aromatic rings. The highest BCUT2D eigenvalue weighted by Crippen LogP contribution is 2.16. The Hall–Kier alpha value is -1.66. The number of carbonyl (C=O) groups excluding carboxylic acids is 1. The van der Waals surface area contributed by atoms with Crippen LogP contribution in [0.5, 0.6) is 0 Å². The molecule has 18 heavy (non-hydrogen) atoms. The van der Waals surface area contributed by atoms with Crippen LogP contribution in [-0.4, -0.2) is 36.8 Å². The topological polar surface area (TPSA) is 72.4 Å². The molecule has 2 heterocycles. The number of nitrogens with zero attached hydrogens (tertiary/aromatic N) is 1. The molecule has 2 rings (SSSR count). The van der Waals surface area contributed by atoms with Crippen molar-refractivity contribution in [1.29, 1.82) is 0 Å². The molecular weight excluding hydrogens is 234 g/mol. The molecule has 2 atom stereocenters. The van der Waals surface area contributed by atoms with E-state index in [0.717, 1.165) is 0 Å². The molecule has 1 aliphatic heterocycles. The van der Waals surface area contributed by atoms with Gasteiger partial charge in [-0.2, -0.15) is 0 Å². The highest BCUT2D eigenvalue weighted by Gasteiger charge is 2.32. The molecule has 0 radical (unpaired) electrons. The van der Waals surface area contributed by atoms with E-state index in [2.05, 4.69) is 10.6 Å². The number of carbonyl (C=O) groups is 1. The summed E-state index contributed by atoms with van der Waals surface area (Å²) in [6, 6.07) is 3.07. The monoisotopic (exact) mass is 251 g/mol. The lowest BCUT2D eigenvalue weighted by molar-refractivity contribution is -0.120. The van der Waals surface area contributed by atoms with Crippen molar-refractivity contribution in [1.82, 2.24) is 9.88 Å². The van der Waals surface area contributed by atoms with E-state index in [-0.39, 0.29) is 23.4 Å². The van der Waals surface area contributed by atoms with Gasteiger partial charge in [-0.05, 0) is 13.1 Å². The fourth-order valence-electron chi connectivity index (χ4n) is 2.00. The minimum Gasteiger partial charge on any atom is -0.379 e. The van der Waals surface area contributed by atoms with Crippen molar-refractivity contribution in [2.75, 3.05) is 25.6 Å². The second kappa shape index (κ2) is 5.32. The fraction of sp³-hybridized carbons (Fsp3) is 0.500. The molecule has 0 spiro atoms. The van der Waals surface area contributed by atoms with E-state index < -0.39 is 0 Å². The molecule has 98 valence electrons. The first kappa shape index (κ1) is 12.8. The number of rotatable bonds is 3. The maximum Gasteiger partial charge on any atom is 0.250 e. The number of amides is 1. The Morgan fingerprint density at radius 1 is 1.44 bits per heavy atom. The molecule has 2 N–H and O–H groups in total. The molecule has 0 aliphatic carbocycles. The zero-order chi connectivity index (χ0) is 13.1. The van der Waals surface area contributed by atoms with Crippen molar-refractivity contribution < 1.29 is 9.53 Å². The Labute approximate surface area is 105 Å². The van der Waals surface area contributed by atoms with E-state index in [0.29, 0.717) is 18.9 Å². The third-order valence-electron chi connectivity index (χ3n) is 3.14. The van der Waals surface area contributed by atoms with Crippen LogP contribution in [0.2, 0.25) is 0 Å². The number of pyridine rings is 1. The molecule has 6 heteroatoms. The van der Waals surface area contributed by atoms with Crippen molar-refractivity contribution in [3.05, 3.63) is 28.7 Å². The molecule has 2 unspecified atom stereocenters. The first-order valence-corrected chi connectivity index (χ1v) is 5.84. The predicted molar refractivity (Wildman–Crippen MR) is 67.5 cm³/mol. The average molecular weight is 251 g/mol. The van der Waals surface area contributed by atoms with Crippen LogP contribution in [0.3, 0.4) is 0 Å². The maximum atomic E-state index is 12.1. The number of aromatic nitrogens is 1. The third-order valence-corrected chi connectivity index (χ3v) is 3.14. The molecule has 6 nitrogen and oxygen atoms in total. The minimum atomic E-state index is -0.202. The van der Waals surface area contributed by atoms with E-state index in [9.17, 15) is 9.59 Å². The lowest BCUT2D eigenvalue weighted by atomic mass is 10.0. The highest BCUT2D eigenvalue weighted by atomic mass is 16.5. The summed E-state index contributed by atoms with van der Waals surface area (Å²) in [5.74, 6) is -0.294. The number of likely N-dealkylation sites (N-methyl/N-ethyl adjacent to an activating group) is 1. The Bertz CT molecular complexity index is 498. The average Bonchev–Trinajstić information content (AvgIpc) is 2.82. The van der Waals surface area contributed by atoms with Gasteiger partial charge < -0.3 is 19.9 Å². The van der Waals surface area contributed by atoms with Crippen LogP contribution in [0.4, 0.5) is 5.69 Å². The van der Waals surface area contributed by atoms with Gasteiger partial charge in [0.05, 0.1) is 24.8 Å². The number of hydrogen-bond acceptors (Lipinski definition) is 4. The standard InChI is InChI=1S/C12H17N3O3/c1-13-10-7-18-6-9(10)12(17)14-8-3-4-11(16)15(2)5-8/h3-5,9-10,13H,6-7H2,1-2H3,(H,14,17). The Kier molecular flexibility index (Phi) is 3.78. The molecule has 0 aromatic carbocycles. The quantitative estimate of drug-likeness (QED) is 0.764. The summed E-state index contributed by atoms with van der Waals surface area (Å²) in [6.07, 6.45) is 1.60. The zero-order valence-electron chi connectivity index (χ0n) is 10.5. The van der Waals surface area contributed by atoms with Crippen LogP contribution in [-0.2, 0) is 16.6 Å². The Morgan fingerprint density at radius 3 is 2.89 bits per heavy atom. The molecule has 1 aliphatic rings. The predicted octanol–water partition coefficient (Wildman–Crippen LogP) is -0.442. The molecule has 1 fully saturated rings. The zero-order valence-corrected chi connectivity index (χ0v) is 10.5. The molecule has 1 amide bonds. The number of nitrogens with one attached hydrogen (secondary N) is 2. The molecular formula is C12H17N3O3. The van der Waals surface area contributed by atoms with Crippen LogP contribution in [0.15, 0.2) is 23.1 Å². The second-order valence-corrected chi connectivity index (χ2v) is 4.40. The van der Waals surface area contributed by atoms with E-state index in [1.165, 1.54) is 10.6 Å². The summed E-state index contributed by atoms with van der Waals surface area (Å²) in [7, 11) is 3.46. The van der Waals surface area contributed by atoms with Crippen LogP contribution in [0.25, 0.3) is 0 Å². The van der Waals surface area contributed by atoms with Crippen LogP contribution < -0.4 is 16.2 Å². The van der Waals surface area contributed by atoms with Gasteiger partial charge in [0.25, 0.3) is 0 Å². The van der Waals surface area contributed by atoms with E-state index >= 15 is 0 Å². The summed E-state index contributed by atoms with van der Waals surface area (Å²) in [6.45, 7) is 0.963. The van der Waals surface area contributed by atoms with Crippen LogP contribution in [0, 0.1) is 5.92 Å². The number of aryl methyl sites for hydroxylation is 1. The van der Waals surface area contributed by atoms with Gasteiger partial charge in [0.1, 0.15) is 0 Å². The van der Waals surface area contributed by atoms with Gasteiger partial charge in [-0.1, -0.05) is 0 Å². The second-order valence-electron chi connectivity index (χ2n) is 4.40.